The molecular weight excluding hydrogens is 350 g/mol. The van der Waals surface area contributed by atoms with Crippen molar-refractivity contribution in [3.8, 4) is 5.75 Å². The first-order valence-corrected chi connectivity index (χ1v) is 10.2. The molecule has 28 heavy (non-hydrogen) atoms. The Bertz CT molecular complexity index is 914. The summed E-state index contributed by atoms with van der Waals surface area (Å²) < 4.78 is 7.76. The van der Waals surface area contributed by atoms with Crippen LogP contribution >= 0.6 is 0 Å². The Labute approximate surface area is 165 Å². The highest BCUT2D eigenvalue weighted by molar-refractivity contribution is 5.82. The third-order valence-corrected chi connectivity index (χ3v) is 5.49. The molecule has 5 nitrogen and oxygen atoms in total. The van der Waals surface area contributed by atoms with Gasteiger partial charge in [-0.2, -0.15) is 0 Å². The molecule has 3 aromatic rings. The number of fused-ring (bicyclic) bond motifs is 1. The fourth-order valence-electron chi connectivity index (χ4n) is 3.99. The molecule has 1 saturated carbocycles. The minimum absolute atomic E-state index is 0.256. The van der Waals surface area contributed by atoms with Gasteiger partial charge in [-0.1, -0.05) is 19.3 Å². The summed E-state index contributed by atoms with van der Waals surface area (Å²) in [6.07, 6.45) is 13.3. The molecule has 1 aliphatic carbocycles. The lowest BCUT2D eigenvalue weighted by Crippen LogP contribution is -2.37. The van der Waals surface area contributed by atoms with E-state index >= 15 is 0 Å². The maximum atomic E-state index is 12.2. The minimum Gasteiger partial charge on any atom is -0.410 e. The van der Waals surface area contributed by atoms with Crippen LogP contribution in [0.15, 0.2) is 55.0 Å². The average molecular weight is 377 g/mol. The van der Waals surface area contributed by atoms with Gasteiger partial charge in [0.15, 0.2) is 0 Å². The van der Waals surface area contributed by atoms with E-state index in [0.29, 0.717) is 5.75 Å². The molecule has 0 aliphatic heterocycles. The lowest BCUT2D eigenvalue weighted by molar-refractivity contribution is 0.192. The van der Waals surface area contributed by atoms with Gasteiger partial charge in [0, 0.05) is 42.1 Å². The predicted octanol–water partition coefficient (Wildman–Crippen LogP) is 5.09. The quantitative estimate of drug-likeness (QED) is 0.651. The highest BCUT2D eigenvalue weighted by Gasteiger charge is 2.17. The SMILES string of the molecule is O=C(NC1CCCCC1)Oc1ccc2c(ccn2CCCc2ccncc2)c1. The number of hydrogen-bond acceptors (Lipinski definition) is 3. The van der Waals surface area contributed by atoms with Crippen LogP contribution in [0.3, 0.4) is 0 Å². The molecule has 0 atom stereocenters. The Balaban J connectivity index is 1.33. The lowest BCUT2D eigenvalue weighted by atomic mass is 9.96. The van der Waals surface area contributed by atoms with E-state index in [9.17, 15) is 4.79 Å². The molecule has 0 unspecified atom stereocenters. The second kappa shape index (κ2) is 8.91. The van der Waals surface area contributed by atoms with Crippen LogP contribution in [0.1, 0.15) is 44.1 Å². The van der Waals surface area contributed by atoms with Crippen molar-refractivity contribution in [3.05, 3.63) is 60.6 Å². The Morgan fingerprint density at radius 3 is 2.75 bits per heavy atom. The molecule has 0 saturated heterocycles. The van der Waals surface area contributed by atoms with E-state index in [1.54, 1.807) is 0 Å². The van der Waals surface area contributed by atoms with Gasteiger partial charge < -0.3 is 14.6 Å². The number of nitrogens with one attached hydrogen (secondary N) is 1. The molecular formula is C23H27N3O2. The van der Waals surface area contributed by atoms with Crippen LogP contribution in [-0.2, 0) is 13.0 Å². The number of pyridine rings is 1. The summed E-state index contributed by atoms with van der Waals surface area (Å²) in [6, 6.07) is 12.3. The number of rotatable bonds is 6. The second-order valence-electron chi connectivity index (χ2n) is 7.56. The minimum atomic E-state index is -0.344. The van der Waals surface area contributed by atoms with Crippen LogP contribution in [0.4, 0.5) is 4.79 Å². The predicted molar refractivity (Wildman–Crippen MR) is 111 cm³/mol. The largest absolute Gasteiger partial charge is 0.412 e. The van der Waals surface area contributed by atoms with Gasteiger partial charge in [0.25, 0.3) is 0 Å². The van der Waals surface area contributed by atoms with E-state index < -0.39 is 0 Å². The van der Waals surface area contributed by atoms with Gasteiger partial charge in [-0.25, -0.2) is 4.79 Å². The maximum absolute atomic E-state index is 12.2. The first-order valence-electron chi connectivity index (χ1n) is 10.2. The van der Waals surface area contributed by atoms with Crippen LogP contribution in [0.5, 0.6) is 5.75 Å². The van der Waals surface area contributed by atoms with Gasteiger partial charge in [-0.3, -0.25) is 4.98 Å². The van der Waals surface area contributed by atoms with Crippen LogP contribution in [0.25, 0.3) is 10.9 Å². The Morgan fingerprint density at radius 1 is 1.11 bits per heavy atom. The molecule has 5 heteroatoms. The Hall–Kier alpha value is -2.82. The summed E-state index contributed by atoms with van der Waals surface area (Å²) in [5.74, 6) is 0.593. The zero-order valence-corrected chi connectivity index (χ0v) is 16.1. The zero-order valence-electron chi connectivity index (χ0n) is 16.1. The average Bonchev–Trinajstić information content (AvgIpc) is 3.12. The third-order valence-electron chi connectivity index (χ3n) is 5.49. The van der Waals surface area contributed by atoms with Crippen LogP contribution in [0, 0.1) is 0 Å². The number of hydrogen-bond donors (Lipinski definition) is 1. The normalized spacial score (nSPS) is 14.9. The van der Waals surface area contributed by atoms with Crippen molar-refractivity contribution in [2.75, 3.05) is 0 Å². The van der Waals surface area contributed by atoms with Crippen LogP contribution in [0.2, 0.25) is 0 Å². The van der Waals surface area contributed by atoms with E-state index in [4.69, 9.17) is 4.74 Å². The van der Waals surface area contributed by atoms with Crippen molar-refractivity contribution in [2.45, 2.75) is 57.5 Å². The lowest BCUT2D eigenvalue weighted by Gasteiger charge is -2.22. The number of carbonyl (C=O) groups is 1. The Morgan fingerprint density at radius 2 is 1.93 bits per heavy atom. The van der Waals surface area contributed by atoms with Gasteiger partial charge in [0.05, 0.1) is 0 Å². The molecule has 0 spiro atoms. The van der Waals surface area contributed by atoms with Gasteiger partial charge in [0.1, 0.15) is 5.75 Å². The molecule has 4 rings (SSSR count). The van der Waals surface area contributed by atoms with Gasteiger partial charge in [-0.15, -0.1) is 0 Å². The van der Waals surface area contributed by atoms with Gasteiger partial charge >= 0.3 is 6.09 Å². The fraction of sp³-hybridized carbons (Fsp3) is 0.391. The monoisotopic (exact) mass is 377 g/mol. The molecule has 1 aliphatic rings. The van der Waals surface area contributed by atoms with Crippen LogP contribution < -0.4 is 10.1 Å². The number of aromatic nitrogens is 2. The van der Waals surface area contributed by atoms with Crippen molar-refractivity contribution >= 4 is 17.0 Å². The van der Waals surface area contributed by atoms with E-state index in [0.717, 1.165) is 43.1 Å². The molecule has 0 radical (unpaired) electrons. The number of aryl methyl sites for hydroxylation is 2. The first-order chi connectivity index (χ1) is 13.8. The maximum Gasteiger partial charge on any atom is 0.412 e. The van der Waals surface area contributed by atoms with Crippen molar-refractivity contribution in [3.63, 3.8) is 0 Å². The van der Waals surface area contributed by atoms with Crippen molar-refractivity contribution in [2.24, 2.45) is 0 Å². The smallest absolute Gasteiger partial charge is 0.410 e. The number of ether oxygens (including phenoxy) is 1. The summed E-state index contributed by atoms with van der Waals surface area (Å²) in [5, 5.41) is 4.08. The molecule has 2 aromatic heterocycles. The van der Waals surface area contributed by atoms with E-state index in [1.165, 1.54) is 24.8 Å². The highest BCUT2D eigenvalue weighted by atomic mass is 16.6. The van der Waals surface area contributed by atoms with Crippen molar-refractivity contribution in [1.29, 1.82) is 0 Å². The fourth-order valence-corrected chi connectivity index (χ4v) is 3.99. The van der Waals surface area contributed by atoms with E-state index in [-0.39, 0.29) is 12.1 Å². The first kappa shape index (κ1) is 18.5. The molecule has 1 aromatic carbocycles. The highest BCUT2D eigenvalue weighted by Crippen LogP contribution is 2.23. The molecule has 1 amide bonds. The van der Waals surface area contributed by atoms with Crippen molar-refractivity contribution in [1.82, 2.24) is 14.9 Å². The summed E-state index contributed by atoms with van der Waals surface area (Å²) in [7, 11) is 0. The van der Waals surface area contributed by atoms with Crippen LogP contribution in [-0.4, -0.2) is 21.7 Å². The van der Waals surface area contributed by atoms with E-state index in [2.05, 4.69) is 39.3 Å². The summed E-state index contributed by atoms with van der Waals surface area (Å²) >= 11 is 0. The molecule has 0 bridgehead atoms. The molecule has 2 heterocycles. The van der Waals surface area contributed by atoms with Gasteiger partial charge in [0.2, 0.25) is 0 Å². The Kier molecular flexibility index (Phi) is 5.90. The number of carbonyl (C=O) groups excluding carboxylic acids is 1. The van der Waals surface area contributed by atoms with E-state index in [1.807, 2.05) is 30.6 Å². The topological polar surface area (TPSA) is 56.1 Å². The summed E-state index contributed by atoms with van der Waals surface area (Å²) in [6.45, 7) is 0.953. The second-order valence-corrected chi connectivity index (χ2v) is 7.56. The number of amides is 1. The number of benzene rings is 1. The molecule has 1 N–H and O–H groups in total. The molecule has 146 valence electrons. The van der Waals surface area contributed by atoms with Gasteiger partial charge in [-0.05, 0) is 67.6 Å². The third kappa shape index (κ3) is 4.71. The summed E-state index contributed by atoms with van der Waals surface area (Å²) in [5.41, 5.74) is 2.47. The standard InChI is InChI=1S/C23H27N3O2/c27-23(25-20-6-2-1-3-7-20)28-21-8-9-22-19(17-21)12-16-26(22)15-4-5-18-10-13-24-14-11-18/h8-14,16-17,20H,1-7,15H2,(H,25,27). The summed E-state index contributed by atoms with van der Waals surface area (Å²) in [4.78, 5) is 16.2. The number of nitrogens with zero attached hydrogens (tertiary/aromatic N) is 2. The van der Waals surface area contributed by atoms with Crippen molar-refractivity contribution < 1.29 is 9.53 Å². The zero-order chi connectivity index (χ0) is 19.2. The molecule has 1 fully saturated rings.